The van der Waals surface area contributed by atoms with Crippen LogP contribution >= 0.6 is 0 Å². The van der Waals surface area contributed by atoms with Crippen LogP contribution < -0.4 is 4.90 Å². The second-order valence-corrected chi connectivity index (χ2v) is 6.43. The van der Waals surface area contributed by atoms with Crippen molar-refractivity contribution in [3.05, 3.63) is 82.0 Å². The van der Waals surface area contributed by atoms with E-state index in [1.54, 1.807) is 0 Å². The molecule has 0 unspecified atom stereocenters. The fraction of sp³-hybridized carbons (Fsp3) is 0. The minimum Gasteiger partial charge on any atom is -0.275 e. The van der Waals surface area contributed by atoms with Crippen LogP contribution in [0.1, 0.15) is 20.7 Å². The summed E-state index contributed by atoms with van der Waals surface area (Å²) >= 11 is 0. The summed E-state index contributed by atoms with van der Waals surface area (Å²) in [6.45, 7) is 0. The van der Waals surface area contributed by atoms with E-state index in [2.05, 4.69) is 15.2 Å². The van der Waals surface area contributed by atoms with Crippen LogP contribution in [0.15, 0.2) is 60.8 Å². The molecule has 1 aliphatic heterocycles. The number of pyridine rings is 1. The van der Waals surface area contributed by atoms with Gasteiger partial charge in [0.25, 0.3) is 17.5 Å². The van der Waals surface area contributed by atoms with E-state index in [0.717, 1.165) is 10.5 Å². The molecular weight excluding hydrogens is 374 g/mol. The van der Waals surface area contributed by atoms with E-state index in [1.807, 2.05) is 30.3 Å². The molecule has 4 aromatic rings. The van der Waals surface area contributed by atoms with Gasteiger partial charge in [-0.1, -0.05) is 30.3 Å². The molecule has 9 nitrogen and oxygen atoms in total. The van der Waals surface area contributed by atoms with Crippen molar-refractivity contribution >= 4 is 34.2 Å². The first-order chi connectivity index (χ1) is 14.1. The van der Waals surface area contributed by atoms with Gasteiger partial charge in [-0.15, -0.1) is 0 Å². The molecule has 140 valence electrons. The lowest BCUT2D eigenvalue weighted by Crippen LogP contribution is -2.29. The number of nitro benzene ring substituents is 1. The summed E-state index contributed by atoms with van der Waals surface area (Å²) in [7, 11) is 0. The Balaban J connectivity index is 1.68. The van der Waals surface area contributed by atoms with E-state index in [-0.39, 0.29) is 22.5 Å². The number of imide groups is 1. The fourth-order valence-electron chi connectivity index (χ4n) is 3.47. The third-order valence-corrected chi connectivity index (χ3v) is 4.81. The number of rotatable bonds is 3. The average Bonchev–Trinajstić information content (AvgIpc) is 3.28. The van der Waals surface area contributed by atoms with E-state index >= 15 is 0 Å². The zero-order valence-electron chi connectivity index (χ0n) is 14.7. The Kier molecular flexibility index (Phi) is 3.50. The molecule has 0 fully saturated rings. The second-order valence-electron chi connectivity index (χ2n) is 6.43. The van der Waals surface area contributed by atoms with Crippen LogP contribution in [0.4, 0.5) is 11.4 Å². The SMILES string of the molecule is O=C1c2cnc3n[nH]c(-c4ccccc4)c3c2C(=O)N1c1ccc([N+](=O)[O-])cc1. The van der Waals surface area contributed by atoms with Gasteiger partial charge in [0.15, 0.2) is 5.65 Å². The van der Waals surface area contributed by atoms with Crippen LogP contribution in [-0.4, -0.2) is 31.9 Å². The molecule has 0 bridgehead atoms. The first kappa shape index (κ1) is 16.8. The third-order valence-electron chi connectivity index (χ3n) is 4.81. The van der Waals surface area contributed by atoms with Gasteiger partial charge in [0.05, 0.1) is 32.8 Å². The van der Waals surface area contributed by atoms with E-state index in [9.17, 15) is 19.7 Å². The van der Waals surface area contributed by atoms with Gasteiger partial charge in [-0.25, -0.2) is 9.88 Å². The van der Waals surface area contributed by atoms with E-state index in [0.29, 0.717) is 16.7 Å². The Morgan fingerprint density at radius 1 is 0.966 bits per heavy atom. The summed E-state index contributed by atoms with van der Waals surface area (Å²) in [6, 6.07) is 14.6. The molecule has 0 saturated heterocycles. The van der Waals surface area contributed by atoms with Crippen LogP contribution in [0.3, 0.4) is 0 Å². The predicted molar refractivity (Wildman–Crippen MR) is 104 cm³/mol. The second kappa shape index (κ2) is 6.06. The summed E-state index contributed by atoms with van der Waals surface area (Å²) in [5, 5.41) is 18.4. The number of fused-ring (bicyclic) bond motifs is 3. The normalized spacial score (nSPS) is 13.2. The molecule has 2 amide bonds. The quantitative estimate of drug-likeness (QED) is 0.328. The number of nitro groups is 1. The zero-order valence-corrected chi connectivity index (χ0v) is 14.7. The molecule has 0 spiro atoms. The molecule has 1 aliphatic rings. The van der Waals surface area contributed by atoms with Crippen LogP contribution in [0, 0.1) is 10.1 Å². The first-order valence-electron chi connectivity index (χ1n) is 8.62. The lowest BCUT2D eigenvalue weighted by molar-refractivity contribution is -0.384. The molecule has 3 heterocycles. The molecule has 0 radical (unpaired) electrons. The van der Waals surface area contributed by atoms with Crippen molar-refractivity contribution in [1.29, 1.82) is 0 Å². The van der Waals surface area contributed by atoms with Crippen molar-refractivity contribution < 1.29 is 14.5 Å². The van der Waals surface area contributed by atoms with Crippen LogP contribution in [0.5, 0.6) is 0 Å². The smallest absolute Gasteiger partial charge is 0.269 e. The highest BCUT2D eigenvalue weighted by molar-refractivity contribution is 6.38. The Labute approximate surface area is 162 Å². The van der Waals surface area contributed by atoms with Gasteiger partial charge in [-0.3, -0.25) is 24.8 Å². The number of hydrogen-bond acceptors (Lipinski definition) is 6. The number of aromatic nitrogens is 3. The standard InChI is InChI=1S/C20H11N5O4/c26-19-14-10-21-18-16(17(22-23-18)11-4-2-1-3-5-11)15(14)20(27)24(19)12-6-8-13(9-7-12)25(28)29/h1-10H,(H,21,22,23). The Morgan fingerprint density at radius 3 is 2.38 bits per heavy atom. The number of benzene rings is 2. The molecule has 1 N–H and O–H groups in total. The number of aromatic amines is 1. The van der Waals surface area contributed by atoms with Crippen molar-refractivity contribution in [1.82, 2.24) is 15.2 Å². The molecular formula is C20H11N5O4. The van der Waals surface area contributed by atoms with E-state index in [4.69, 9.17) is 0 Å². The van der Waals surface area contributed by atoms with Crippen molar-refractivity contribution in [2.24, 2.45) is 0 Å². The number of non-ortho nitro benzene ring substituents is 1. The molecule has 0 atom stereocenters. The predicted octanol–water partition coefficient (Wildman–Crippen LogP) is 3.33. The maximum Gasteiger partial charge on any atom is 0.269 e. The minimum atomic E-state index is -0.544. The minimum absolute atomic E-state index is 0.129. The fourth-order valence-corrected chi connectivity index (χ4v) is 3.47. The number of hydrogen-bond donors (Lipinski definition) is 1. The van der Waals surface area contributed by atoms with Crippen molar-refractivity contribution in [2.45, 2.75) is 0 Å². The summed E-state index contributed by atoms with van der Waals surface area (Å²) in [5.74, 6) is -1.06. The third kappa shape index (κ3) is 2.41. The van der Waals surface area contributed by atoms with Crippen molar-refractivity contribution in [3.63, 3.8) is 0 Å². The largest absolute Gasteiger partial charge is 0.275 e. The average molecular weight is 385 g/mol. The van der Waals surface area contributed by atoms with Crippen molar-refractivity contribution in [2.75, 3.05) is 4.90 Å². The van der Waals surface area contributed by atoms with E-state index < -0.39 is 16.7 Å². The van der Waals surface area contributed by atoms with Gasteiger partial charge in [-0.2, -0.15) is 5.10 Å². The lowest BCUT2D eigenvalue weighted by Gasteiger charge is -2.13. The number of amides is 2. The van der Waals surface area contributed by atoms with Gasteiger partial charge in [0.1, 0.15) is 0 Å². The Morgan fingerprint density at radius 2 is 1.69 bits per heavy atom. The summed E-state index contributed by atoms with van der Waals surface area (Å²) in [6.07, 6.45) is 1.33. The molecule has 0 aliphatic carbocycles. The number of anilines is 1. The molecule has 5 rings (SSSR count). The molecule has 9 heteroatoms. The molecule has 29 heavy (non-hydrogen) atoms. The van der Waals surface area contributed by atoms with Gasteiger partial charge < -0.3 is 0 Å². The highest BCUT2D eigenvalue weighted by atomic mass is 16.6. The molecule has 2 aromatic carbocycles. The lowest BCUT2D eigenvalue weighted by atomic mass is 10.0. The monoisotopic (exact) mass is 385 g/mol. The topological polar surface area (TPSA) is 122 Å². The maximum atomic E-state index is 13.2. The van der Waals surface area contributed by atoms with Gasteiger partial charge in [0.2, 0.25) is 0 Å². The molecule has 2 aromatic heterocycles. The highest BCUT2D eigenvalue weighted by Crippen LogP contribution is 2.36. The maximum absolute atomic E-state index is 13.2. The van der Waals surface area contributed by atoms with Crippen LogP contribution in [0.25, 0.3) is 22.3 Å². The number of nitrogens with one attached hydrogen (secondary N) is 1. The van der Waals surface area contributed by atoms with Gasteiger partial charge >= 0.3 is 0 Å². The number of carbonyl (C=O) groups is 2. The van der Waals surface area contributed by atoms with Crippen LogP contribution in [-0.2, 0) is 0 Å². The molecule has 0 saturated carbocycles. The highest BCUT2D eigenvalue weighted by Gasteiger charge is 2.40. The van der Waals surface area contributed by atoms with E-state index in [1.165, 1.54) is 30.5 Å². The Bertz CT molecular complexity index is 1310. The Hall–Kier alpha value is -4.40. The van der Waals surface area contributed by atoms with Gasteiger partial charge in [0, 0.05) is 23.9 Å². The number of nitrogens with zero attached hydrogens (tertiary/aromatic N) is 4. The first-order valence-corrected chi connectivity index (χ1v) is 8.62. The summed E-state index contributed by atoms with van der Waals surface area (Å²) in [5.41, 5.74) is 2.23. The summed E-state index contributed by atoms with van der Waals surface area (Å²) in [4.78, 5) is 41.7. The van der Waals surface area contributed by atoms with Crippen molar-refractivity contribution in [3.8, 4) is 11.3 Å². The zero-order chi connectivity index (χ0) is 20.1. The summed E-state index contributed by atoms with van der Waals surface area (Å²) < 4.78 is 0. The van der Waals surface area contributed by atoms with Crippen LogP contribution in [0.2, 0.25) is 0 Å². The number of H-pyrrole nitrogens is 1. The number of carbonyl (C=O) groups excluding carboxylic acids is 2. The van der Waals surface area contributed by atoms with Gasteiger partial charge in [-0.05, 0) is 12.1 Å².